The highest BCUT2D eigenvalue weighted by molar-refractivity contribution is 6.06. The minimum atomic E-state index is -0.252. The van der Waals surface area contributed by atoms with Crippen molar-refractivity contribution in [3.05, 3.63) is 87.0 Å². The number of nitrogens with two attached hydrogens (primary N) is 1. The van der Waals surface area contributed by atoms with Crippen molar-refractivity contribution < 1.29 is 9.53 Å². The lowest BCUT2D eigenvalue weighted by molar-refractivity contribution is -0.113. The number of aryl methyl sites for hydroxylation is 3. The second-order valence-electron chi connectivity index (χ2n) is 11.0. The smallest absolute Gasteiger partial charge is 0.253 e. The molecule has 3 N–H and O–H groups in total. The Bertz CT molecular complexity index is 1180. The van der Waals surface area contributed by atoms with Crippen molar-refractivity contribution in [3.8, 4) is 5.75 Å². The molecule has 0 radical (unpaired) electrons. The summed E-state index contributed by atoms with van der Waals surface area (Å²) >= 11 is 0. The lowest BCUT2D eigenvalue weighted by Gasteiger charge is -2.30. The zero-order valence-electron chi connectivity index (χ0n) is 26.9. The van der Waals surface area contributed by atoms with E-state index in [9.17, 15) is 9.70 Å². The molecule has 0 bridgehead atoms. The van der Waals surface area contributed by atoms with Gasteiger partial charge in [0.2, 0.25) is 0 Å². The molecular formula is C35H53N3O3. The number of nitroso groups, excluding NO2 is 1. The molecule has 2 atom stereocenters. The first kappa shape index (κ1) is 35.8. The second kappa shape index (κ2) is 18.2. The van der Waals surface area contributed by atoms with Gasteiger partial charge in [-0.05, 0) is 118 Å². The van der Waals surface area contributed by atoms with Gasteiger partial charge in [-0.1, -0.05) is 64.5 Å². The van der Waals surface area contributed by atoms with E-state index in [0.29, 0.717) is 29.3 Å². The van der Waals surface area contributed by atoms with Crippen LogP contribution in [0.3, 0.4) is 0 Å². The molecule has 2 aromatic carbocycles. The molecule has 2 unspecified atom stereocenters. The summed E-state index contributed by atoms with van der Waals surface area (Å²) in [7, 11) is 1.50. The van der Waals surface area contributed by atoms with Gasteiger partial charge >= 0.3 is 0 Å². The number of nitrogens with zero attached hydrogens (tertiary/aromatic N) is 1. The molecule has 0 aromatic heterocycles. The normalized spacial score (nSPS) is 14.6. The van der Waals surface area contributed by atoms with E-state index in [-0.39, 0.29) is 17.9 Å². The third-order valence-electron chi connectivity index (χ3n) is 7.47. The number of ether oxygens (including phenoxy) is 1. The number of allylic oxidation sites excluding steroid dienone is 2. The van der Waals surface area contributed by atoms with Crippen LogP contribution >= 0.6 is 0 Å². The van der Waals surface area contributed by atoms with Crippen molar-refractivity contribution in [1.29, 1.82) is 0 Å². The molecule has 1 aliphatic rings. The summed E-state index contributed by atoms with van der Waals surface area (Å²) in [5.41, 5.74) is 11.9. The average molecular weight is 564 g/mol. The van der Waals surface area contributed by atoms with E-state index < -0.39 is 0 Å². The monoisotopic (exact) mass is 563 g/mol. The molecule has 0 saturated heterocycles. The Morgan fingerprint density at radius 1 is 1.12 bits per heavy atom. The van der Waals surface area contributed by atoms with Crippen molar-refractivity contribution in [3.63, 3.8) is 0 Å². The highest BCUT2D eigenvalue weighted by atomic mass is 16.5. The molecule has 41 heavy (non-hydrogen) atoms. The van der Waals surface area contributed by atoms with Crippen LogP contribution in [0, 0.1) is 17.7 Å². The van der Waals surface area contributed by atoms with E-state index in [4.69, 9.17) is 4.74 Å². The maximum Gasteiger partial charge on any atom is 0.253 e. The summed E-state index contributed by atoms with van der Waals surface area (Å²) in [6.45, 7) is 20.6. The fourth-order valence-electron chi connectivity index (χ4n) is 4.56. The van der Waals surface area contributed by atoms with Crippen LogP contribution in [0.4, 0.5) is 5.69 Å². The zero-order valence-corrected chi connectivity index (χ0v) is 26.9. The SMILES string of the molecule is C=C(C)C(C)CC.CCCCc1cc(NC(=O)C2=C(N=O)C(c3ccc(CC)cc3C)C2)ccc1OC(C)C.CN. The fourth-order valence-corrected chi connectivity index (χ4v) is 4.56. The molecular weight excluding hydrogens is 510 g/mol. The van der Waals surface area contributed by atoms with Crippen LogP contribution in [0.1, 0.15) is 102 Å². The Kier molecular flexibility index (Phi) is 15.9. The number of hydrogen-bond acceptors (Lipinski definition) is 5. The lowest BCUT2D eigenvalue weighted by atomic mass is 9.75. The molecule has 0 heterocycles. The number of anilines is 1. The van der Waals surface area contributed by atoms with Crippen LogP contribution in [-0.4, -0.2) is 19.1 Å². The summed E-state index contributed by atoms with van der Waals surface area (Å²) in [4.78, 5) is 24.5. The van der Waals surface area contributed by atoms with Gasteiger partial charge in [-0.15, -0.1) is 4.91 Å². The summed E-state index contributed by atoms with van der Waals surface area (Å²) < 4.78 is 5.93. The summed E-state index contributed by atoms with van der Waals surface area (Å²) in [5, 5.41) is 6.19. The molecule has 0 saturated carbocycles. The van der Waals surface area contributed by atoms with E-state index in [1.54, 1.807) is 0 Å². The number of hydrogen-bond donors (Lipinski definition) is 2. The average Bonchev–Trinajstić information content (AvgIpc) is 2.94. The van der Waals surface area contributed by atoms with Gasteiger partial charge in [0.05, 0.1) is 6.10 Å². The molecule has 226 valence electrons. The lowest BCUT2D eigenvalue weighted by Crippen LogP contribution is -2.26. The number of rotatable bonds is 12. The molecule has 2 aromatic rings. The Hall–Kier alpha value is -3.25. The molecule has 0 fully saturated rings. The molecule has 3 rings (SSSR count). The number of carbonyl (C=O) groups is 1. The maximum absolute atomic E-state index is 12.9. The van der Waals surface area contributed by atoms with Gasteiger partial charge in [0, 0.05) is 17.2 Å². The first-order valence-electron chi connectivity index (χ1n) is 15.1. The van der Waals surface area contributed by atoms with Crippen molar-refractivity contribution in [1.82, 2.24) is 0 Å². The van der Waals surface area contributed by atoms with Crippen LogP contribution in [0.2, 0.25) is 0 Å². The molecule has 1 amide bonds. The Labute approximate surface area is 248 Å². The highest BCUT2D eigenvalue weighted by Crippen LogP contribution is 2.45. The van der Waals surface area contributed by atoms with E-state index >= 15 is 0 Å². The number of benzene rings is 2. The minimum Gasteiger partial charge on any atom is -0.491 e. The molecule has 0 aliphatic heterocycles. The largest absolute Gasteiger partial charge is 0.491 e. The van der Waals surface area contributed by atoms with Crippen molar-refractivity contribution in [2.75, 3.05) is 12.4 Å². The van der Waals surface area contributed by atoms with Crippen LogP contribution < -0.4 is 15.8 Å². The fraction of sp³-hybridized carbons (Fsp3) is 0.514. The highest BCUT2D eigenvalue weighted by Gasteiger charge is 2.37. The van der Waals surface area contributed by atoms with Crippen molar-refractivity contribution >= 4 is 11.6 Å². The predicted molar refractivity (Wildman–Crippen MR) is 175 cm³/mol. The summed E-state index contributed by atoms with van der Waals surface area (Å²) in [5.74, 6) is 1.20. The first-order valence-corrected chi connectivity index (χ1v) is 15.1. The maximum atomic E-state index is 12.9. The van der Waals surface area contributed by atoms with Gasteiger partial charge in [-0.2, -0.15) is 0 Å². The van der Waals surface area contributed by atoms with E-state index in [1.807, 2.05) is 39.0 Å². The third kappa shape index (κ3) is 10.6. The number of unbranched alkanes of at least 4 members (excludes halogenated alkanes) is 1. The molecule has 0 spiro atoms. The predicted octanol–water partition coefficient (Wildman–Crippen LogP) is 9.02. The number of carbonyl (C=O) groups excluding carboxylic acids is 1. The topological polar surface area (TPSA) is 93.8 Å². The quantitative estimate of drug-likeness (QED) is 0.199. The number of nitrogens with one attached hydrogen (secondary N) is 1. The Morgan fingerprint density at radius 3 is 2.29 bits per heavy atom. The molecule has 1 aliphatic carbocycles. The summed E-state index contributed by atoms with van der Waals surface area (Å²) in [6.07, 6.45) is 5.82. The minimum absolute atomic E-state index is 0.0870. The van der Waals surface area contributed by atoms with Crippen LogP contribution in [0.15, 0.2) is 65.0 Å². The van der Waals surface area contributed by atoms with Crippen molar-refractivity contribution in [2.24, 2.45) is 16.8 Å². The van der Waals surface area contributed by atoms with E-state index in [1.165, 1.54) is 24.6 Å². The van der Waals surface area contributed by atoms with Crippen LogP contribution in [-0.2, 0) is 17.6 Å². The van der Waals surface area contributed by atoms with Crippen molar-refractivity contribution in [2.45, 2.75) is 106 Å². The van der Waals surface area contributed by atoms with E-state index in [2.05, 4.69) is 75.6 Å². The third-order valence-corrected chi connectivity index (χ3v) is 7.47. The van der Waals surface area contributed by atoms with Gasteiger partial charge in [-0.3, -0.25) is 4.79 Å². The van der Waals surface area contributed by atoms with Gasteiger partial charge in [0.1, 0.15) is 11.4 Å². The van der Waals surface area contributed by atoms with Gasteiger partial charge in [0.15, 0.2) is 0 Å². The standard InChI is InChI=1S/C27H34N2O3.C7H14.CH5N/c1-6-8-9-20-15-21(11-13-25(20)32-17(3)4)28-27(30)24-16-23(26(24)29-31)22-12-10-19(7-2)14-18(22)5;1-5-7(4)6(2)3;1-2/h10-15,17,23H,6-9,16H2,1-5H3,(H,28,30);7H,2,5H2,1,3-4H3;2H2,1H3. The summed E-state index contributed by atoms with van der Waals surface area (Å²) in [6, 6.07) is 12.0. The molecule has 6 nitrogen and oxygen atoms in total. The number of amides is 1. The van der Waals surface area contributed by atoms with Gasteiger partial charge in [0.25, 0.3) is 5.91 Å². The van der Waals surface area contributed by atoms with Crippen LogP contribution in [0.5, 0.6) is 5.75 Å². The Morgan fingerprint density at radius 2 is 1.80 bits per heavy atom. The Balaban J connectivity index is 0.000000816. The van der Waals surface area contributed by atoms with Gasteiger partial charge < -0.3 is 15.8 Å². The van der Waals surface area contributed by atoms with Gasteiger partial charge in [-0.25, -0.2) is 0 Å². The second-order valence-corrected chi connectivity index (χ2v) is 11.0. The zero-order chi connectivity index (χ0) is 31.1. The van der Waals surface area contributed by atoms with E-state index in [0.717, 1.165) is 48.1 Å². The first-order chi connectivity index (χ1) is 19.6. The molecule has 6 heteroatoms. The van der Waals surface area contributed by atoms with Crippen LogP contribution in [0.25, 0.3) is 0 Å².